The Labute approximate surface area is 161 Å². The lowest BCUT2D eigenvalue weighted by Crippen LogP contribution is -2.46. The number of hydrogen-bond donors (Lipinski definition) is 2. The number of amides is 1. The van der Waals surface area contributed by atoms with E-state index in [0.717, 1.165) is 55.3 Å². The van der Waals surface area contributed by atoms with Crippen LogP contribution < -0.4 is 16.0 Å². The number of nitrogens with one attached hydrogen (secondary N) is 1. The number of carbonyl (C=O) groups excluding carboxylic acids is 1. The van der Waals surface area contributed by atoms with E-state index in [1.54, 1.807) is 12.4 Å². The van der Waals surface area contributed by atoms with E-state index in [2.05, 4.69) is 37.1 Å². The van der Waals surface area contributed by atoms with Crippen molar-refractivity contribution in [3.63, 3.8) is 0 Å². The van der Waals surface area contributed by atoms with Gasteiger partial charge in [0.2, 0.25) is 0 Å². The van der Waals surface area contributed by atoms with E-state index < -0.39 is 11.7 Å². The van der Waals surface area contributed by atoms with Crippen molar-refractivity contribution >= 4 is 28.7 Å². The number of pyridine rings is 1. The zero-order valence-corrected chi connectivity index (χ0v) is 15.5. The third-order valence-corrected chi connectivity index (χ3v) is 4.90. The lowest BCUT2D eigenvalue weighted by molar-refractivity contribution is 0.102. The summed E-state index contributed by atoms with van der Waals surface area (Å²) < 4.78 is 14.5. The second kappa shape index (κ2) is 7.39. The highest BCUT2D eigenvalue weighted by atomic mass is 19.1. The maximum atomic E-state index is 13.4. The van der Waals surface area contributed by atoms with Crippen LogP contribution in [-0.2, 0) is 0 Å². The predicted octanol–water partition coefficient (Wildman–Crippen LogP) is 1.24. The molecule has 0 unspecified atom stereocenters. The summed E-state index contributed by atoms with van der Waals surface area (Å²) in [5.74, 6) is -1.05. The van der Waals surface area contributed by atoms with Crippen molar-refractivity contribution in [2.75, 3.05) is 48.7 Å². The first-order chi connectivity index (χ1) is 13.6. The van der Waals surface area contributed by atoms with Gasteiger partial charge in [-0.15, -0.1) is 5.10 Å². The summed E-state index contributed by atoms with van der Waals surface area (Å²) in [5.41, 5.74) is 7.66. The second-order valence-electron chi connectivity index (χ2n) is 6.57. The van der Waals surface area contributed by atoms with Crippen LogP contribution in [0.1, 0.15) is 17.3 Å². The van der Waals surface area contributed by atoms with Crippen LogP contribution in [0, 0.1) is 5.82 Å². The summed E-state index contributed by atoms with van der Waals surface area (Å²) in [5, 5.41) is 6.83. The number of nitrogen functional groups attached to an aromatic ring is 1. The van der Waals surface area contributed by atoms with Crippen LogP contribution in [0.3, 0.4) is 0 Å². The van der Waals surface area contributed by atoms with Crippen LogP contribution in [0.2, 0.25) is 0 Å². The summed E-state index contributed by atoms with van der Waals surface area (Å²) in [6.45, 7) is 6.82. The fraction of sp³-hybridized carbons (Fsp3) is 0.333. The molecule has 0 radical (unpaired) electrons. The van der Waals surface area contributed by atoms with Gasteiger partial charge in [-0.05, 0) is 12.6 Å². The average Bonchev–Trinajstić information content (AvgIpc) is 3.03. The number of halogens is 1. The normalized spacial score (nSPS) is 15.1. The first-order valence-corrected chi connectivity index (χ1v) is 9.09. The molecule has 10 heteroatoms. The van der Waals surface area contributed by atoms with Gasteiger partial charge in [0.15, 0.2) is 17.3 Å². The summed E-state index contributed by atoms with van der Waals surface area (Å²) >= 11 is 0. The van der Waals surface area contributed by atoms with Crippen molar-refractivity contribution < 1.29 is 9.18 Å². The van der Waals surface area contributed by atoms with Crippen LogP contribution in [0.5, 0.6) is 0 Å². The largest absolute Gasteiger partial charge is 0.381 e. The maximum Gasteiger partial charge on any atom is 0.263 e. The minimum atomic E-state index is -0.567. The standard InChI is InChI=1S/C18H21FN8O/c1-2-25-5-7-26(8-6-25)14-3-4-21-10-13(14)23-18(28)15-16(20)24-27-11-12(19)9-22-17(15)27/h3-4,9-11H,2,5-8H2,1H3,(H2,20,24)(H,23,28). The third-order valence-electron chi connectivity index (χ3n) is 4.90. The lowest BCUT2D eigenvalue weighted by atomic mass is 10.2. The summed E-state index contributed by atoms with van der Waals surface area (Å²) in [4.78, 5) is 25.6. The van der Waals surface area contributed by atoms with Gasteiger partial charge < -0.3 is 20.9 Å². The molecular weight excluding hydrogens is 363 g/mol. The predicted molar refractivity (Wildman–Crippen MR) is 104 cm³/mol. The number of aromatic nitrogens is 4. The number of nitrogens with two attached hydrogens (primary N) is 1. The molecule has 3 aromatic rings. The number of likely N-dealkylation sites (N-methyl/N-ethyl adjacent to an activating group) is 1. The Morgan fingerprint density at radius 2 is 2.07 bits per heavy atom. The molecule has 1 amide bonds. The molecule has 0 aromatic carbocycles. The maximum absolute atomic E-state index is 13.4. The first-order valence-electron chi connectivity index (χ1n) is 9.09. The molecule has 1 saturated heterocycles. The molecule has 4 rings (SSSR count). The molecule has 0 spiro atoms. The Morgan fingerprint density at radius 1 is 1.29 bits per heavy atom. The highest BCUT2D eigenvalue weighted by Crippen LogP contribution is 2.27. The molecule has 0 aliphatic carbocycles. The van der Waals surface area contributed by atoms with Gasteiger partial charge >= 0.3 is 0 Å². The van der Waals surface area contributed by atoms with Gasteiger partial charge in [-0.25, -0.2) is 13.9 Å². The molecule has 9 nitrogen and oxygen atoms in total. The van der Waals surface area contributed by atoms with Gasteiger partial charge in [-0.3, -0.25) is 9.78 Å². The fourth-order valence-electron chi connectivity index (χ4n) is 3.40. The molecule has 3 N–H and O–H groups in total. The van der Waals surface area contributed by atoms with Gasteiger partial charge in [0, 0.05) is 32.4 Å². The number of carbonyl (C=O) groups is 1. The zero-order valence-electron chi connectivity index (χ0n) is 15.5. The van der Waals surface area contributed by atoms with Gasteiger partial charge in [0.1, 0.15) is 5.56 Å². The van der Waals surface area contributed by atoms with Crippen LogP contribution >= 0.6 is 0 Å². The van der Waals surface area contributed by atoms with Gasteiger partial charge in [-0.1, -0.05) is 6.92 Å². The Balaban J connectivity index is 1.60. The molecule has 28 heavy (non-hydrogen) atoms. The first kappa shape index (κ1) is 18.1. The van der Waals surface area contributed by atoms with Crippen LogP contribution in [0.15, 0.2) is 30.9 Å². The molecule has 146 valence electrons. The van der Waals surface area contributed by atoms with Gasteiger partial charge in [0.05, 0.1) is 30.0 Å². The van der Waals surface area contributed by atoms with E-state index in [4.69, 9.17) is 5.73 Å². The second-order valence-corrected chi connectivity index (χ2v) is 6.57. The highest BCUT2D eigenvalue weighted by Gasteiger charge is 2.23. The number of nitrogens with zero attached hydrogens (tertiary/aromatic N) is 6. The molecule has 0 atom stereocenters. The summed E-state index contributed by atoms with van der Waals surface area (Å²) in [6.07, 6.45) is 5.45. The Hall–Kier alpha value is -3.27. The smallest absolute Gasteiger partial charge is 0.263 e. The molecular formula is C18H21FN8O. The molecule has 0 saturated carbocycles. The van der Waals surface area contributed by atoms with E-state index in [9.17, 15) is 9.18 Å². The monoisotopic (exact) mass is 384 g/mol. The van der Waals surface area contributed by atoms with E-state index in [1.807, 2.05) is 6.07 Å². The van der Waals surface area contributed by atoms with Crippen molar-refractivity contribution in [3.05, 3.63) is 42.2 Å². The van der Waals surface area contributed by atoms with Crippen molar-refractivity contribution in [2.24, 2.45) is 0 Å². The highest BCUT2D eigenvalue weighted by molar-refractivity contribution is 6.12. The topological polar surface area (TPSA) is 105 Å². The third kappa shape index (κ3) is 3.33. The van der Waals surface area contributed by atoms with Crippen molar-refractivity contribution in [2.45, 2.75) is 6.92 Å². The van der Waals surface area contributed by atoms with Crippen molar-refractivity contribution in [1.82, 2.24) is 24.5 Å². The SMILES string of the molecule is CCN1CCN(c2ccncc2NC(=O)c2c(N)nn3cc(F)cnc23)CC1. The fourth-order valence-corrected chi connectivity index (χ4v) is 3.40. The van der Waals surface area contributed by atoms with Crippen molar-refractivity contribution in [1.29, 1.82) is 0 Å². The summed E-state index contributed by atoms with van der Waals surface area (Å²) in [7, 11) is 0. The van der Waals surface area contributed by atoms with Gasteiger partial charge in [-0.2, -0.15) is 0 Å². The van der Waals surface area contributed by atoms with E-state index in [-0.39, 0.29) is 17.0 Å². The van der Waals surface area contributed by atoms with Gasteiger partial charge in [0.25, 0.3) is 5.91 Å². The Kier molecular flexibility index (Phi) is 4.78. The van der Waals surface area contributed by atoms with Crippen LogP contribution in [0.4, 0.5) is 21.6 Å². The Morgan fingerprint density at radius 3 is 2.82 bits per heavy atom. The number of rotatable bonds is 4. The molecule has 1 aliphatic rings. The number of anilines is 3. The number of fused-ring (bicyclic) bond motifs is 1. The Bertz CT molecular complexity index is 1010. The van der Waals surface area contributed by atoms with E-state index >= 15 is 0 Å². The minimum Gasteiger partial charge on any atom is -0.381 e. The van der Waals surface area contributed by atoms with E-state index in [0.29, 0.717) is 5.69 Å². The molecule has 0 bridgehead atoms. The molecule has 4 heterocycles. The van der Waals surface area contributed by atoms with Crippen LogP contribution in [-0.4, -0.2) is 63.1 Å². The van der Waals surface area contributed by atoms with Crippen LogP contribution in [0.25, 0.3) is 5.65 Å². The molecule has 3 aromatic heterocycles. The number of hydrogen-bond acceptors (Lipinski definition) is 7. The van der Waals surface area contributed by atoms with E-state index in [1.165, 1.54) is 0 Å². The summed E-state index contributed by atoms with van der Waals surface area (Å²) in [6, 6.07) is 1.88. The number of piperazine rings is 1. The quantitative estimate of drug-likeness (QED) is 0.697. The molecule has 1 aliphatic heterocycles. The average molecular weight is 384 g/mol. The minimum absolute atomic E-state index is 0.0161. The van der Waals surface area contributed by atoms with Crippen molar-refractivity contribution in [3.8, 4) is 0 Å². The zero-order chi connectivity index (χ0) is 19.7. The molecule has 1 fully saturated rings. The lowest BCUT2D eigenvalue weighted by Gasteiger charge is -2.36.